The topological polar surface area (TPSA) is 106 Å². The molecule has 0 bridgehead atoms. The maximum absolute atomic E-state index is 13.9. The third-order valence-electron chi connectivity index (χ3n) is 7.14. The number of hydrogen-bond donors (Lipinski definition) is 3. The van der Waals surface area contributed by atoms with E-state index in [1.807, 2.05) is 53.7 Å². The molecule has 262 valence electrons. The van der Waals surface area contributed by atoms with E-state index in [2.05, 4.69) is 68.6 Å². The Morgan fingerprint density at radius 3 is 2.23 bits per heavy atom. The number of carbonyl (C=O) groups is 1. The van der Waals surface area contributed by atoms with Crippen LogP contribution in [0.4, 0.5) is 10.1 Å². The normalized spacial score (nSPS) is 10.2. The Morgan fingerprint density at radius 1 is 1.08 bits per heavy atom. The Bertz CT molecular complexity index is 1490. The number of aryl methyl sites for hydroxylation is 2. The predicted octanol–water partition coefficient (Wildman–Crippen LogP) is 9.19. The van der Waals surface area contributed by atoms with Crippen molar-refractivity contribution >= 4 is 17.8 Å². The standard InChI is InChI=1S/C32H41FN4O.C3H4.C2H3N.2C2H6/c1-7-13-35-19-25-16-24(15-21(5)30(25)34)32(38)36-14-12-27-18-29(20(4)8-2)22(6)31(37-27)28-11-10-26(33)17-23(28)9-3;1-3-2;1-2-3;2*1-2/h10-11,15-20H,7-9,12-14,34H2,1-6H3,(H,36,38);1H,2H3;1H,3H2;2*1-2H3. The fourth-order valence-electron chi connectivity index (χ4n) is 4.65. The number of terminal acetylenes is 2. The number of hydrogen-bond acceptors (Lipinski definition) is 5. The number of rotatable bonds is 11. The Hall–Kier alpha value is -4.62. The molecule has 1 amide bonds. The summed E-state index contributed by atoms with van der Waals surface area (Å²) in [6, 6.07) is 12.4. The van der Waals surface area contributed by atoms with Gasteiger partial charge in [0.2, 0.25) is 0 Å². The number of pyridine rings is 1. The van der Waals surface area contributed by atoms with Crippen LogP contribution in [0.1, 0.15) is 125 Å². The molecule has 1 atom stereocenters. The molecule has 3 rings (SSSR count). The molecule has 0 fully saturated rings. The summed E-state index contributed by atoms with van der Waals surface area (Å²) in [7, 11) is 0. The van der Waals surface area contributed by atoms with Crippen LogP contribution >= 0.6 is 0 Å². The molecular formula is C41H60FN5O. The molecule has 5 N–H and O–H groups in total. The minimum Gasteiger partial charge on any atom is -0.398 e. The molecule has 1 aromatic heterocycles. The molecule has 0 saturated carbocycles. The van der Waals surface area contributed by atoms with Crippen LogP contribution in [-0.2, 0) is 12.8 Å². The molecule has 7 heteroatoms. The Kier molecular flexibility index (Phi) is 25.1. The van der Waals surface area contributed by atoms with Gasteiger partial charge in [0.05, 0.1) is 5.69 Å². The quantitative estimate of drug-likeness (QED) is 0.0827. The summed E-state index contributed by atoms with van der Waals surface area (Å²) in [5, 5.41) is 3.04. The number of nitrogens with two attached hydrogens (primary N) is 2. The van der Waals surface area contributed by atoms with Gasteiger partial charge >= 0.3 is 0 Å². The van der Waals surface area contributed by atoms with Crippen LogP contribution in [-0.4, -0.2) is 30.2 Å². The van der Waals surface area contributed by atoms with Gasteiger partial charge in [-0.15, -0.1) is 12.3 Å². The lowest BCUT2D eigenvalue weighted by atomic mass is 9.89. The third kappa shape index (κ3) is 14.9. The Balaban J connectivity index is 0. The van der Waals surface area contributed by atoms with Gasteiger partial charge in [0.25, 0.3) is 5.91 Å². The first-order valence-electron chi connectivity index (χ1n) is 17.0. The van der Waals surface area contributed by atoms with Crippen LogP contribution < -0.4 is 16.8 Å². The van der Waals surface area contributed by atoms with Crippen molar-refractivity contribution in [3.63, 3.8) is 0 Å². The molecule has 0 aliphatic carbocycles. The summed E-state index contributed by atoms with van der Waals surface area (Å²) in [6.45, 7) is 23.3. The molecule has 0 saturated heterocycles. The monoisotopic (exact) mass is 657 g/mol. The maximum atomic E-state index is 13.9. The van der Waals surface area contributed by atoms with E-state index >= 15 is 0 Å². The van der Waals surface area contributed by atoms with E-state index in [4.69, 9.17) is 10.7 Å². The number of aliphatic imine (C=N–C) groups is 1. The van der Waals surface area contributed by atoms with Crippen molar-refractivity contribution < 1.29 is 9.18 Å². The van der Waals surface area contributed by atoms with E-state index in [1.54, 1.807) is 31.3 Å². The number of benzene rings is 2. The first-order chi connectivity index (χ1) is 23.0. The number of carbonyl (C=O) groups excluding carboxylic acids is 1. The fraction of sp³-hybridized carbons (Fsp3) is 0.439. The maximum Gasteiger partial charge on any atom is 0.251 e. The first kappa shape index (κ1) is 45.5. The zero-order chi connectivity index (χ0) is 37.2. The van der Waals surface area contributed by atoms with Gasteiger partial charge in [0.1, 0.15) is 5.82 Å². The second kappa shape index (κ2) is 26.4. The van der Waals surface area contributed by atoms with E-state index in [1.165, 1.54) is 11.6 Å². The average molecular weight is 658 g/mol. The summed E-state index contributed by atoms with van der Waals surface area (Å²) >= 11 is 0. The molecular weight excluding hydrogens is 597 g/mol. The summed E-state index contributed by atoms with van der Waals surface area (Å²) < 4.78 is 13.9. The smallest absolute Gasteiger partial charge is 0.251 e. The van der Waals surface area contributed by atoms with Gasteiger partial charge < -0.3 is 16.8 Å². The highest BCUT2D eigenvalue weighted by Gasteiger charge is 2.17. The average Bonchev–Trinajstić information content (AvgIpc) is 3.09. The highest BCUT2D eigenvalue weighted by Crippen LogP contribution is 2.33. The van der Waals surface area contributed by atoms with Crippen LogP contribution in [0.25, 0.3) is 11.3 Å². The molecule has 48 heavy (non-hydrogen) atoms. The lowest BCUT2D eigenvalue weighted by Crippen LogP contribution is -2.26. The van der Waals surface area contributed by atoms with E-state index in [0.717, 1.165) is 65.0 Å². The second-order valence-corrected chi connectivity index (χ2v) is 10.4. The third-order valence-corrected chi connectivity index (χ3v) is 7.14. The zero-order valence-corrected chi connectivity index (χ0v) is 31.4. The minimum absolute atomic E-state index is 0.153. The summed E-state index contributed by atoms with van der Waals surface area (Å²) in [4.78, 5) is 22.4. The van der Waals surface area contributed by atoms with Gasteiger partial charge in [0, 0.05) is 53.8 Å². The molecule has 6 nitrogen and oxygen atoms in total. The lowest BCUT2D eigenvalue weighted by Gasteiger charge is -2.19. The van der Waals surface area contributed by atoms with Crippen molar-refractivity contribution in [2.45, 2.75) is 108 Å². The fourth-order valence-corrected chi connectivity index (χ4v) is 4.65. The number of aromatic nitrogens is 1. The van der Waals surface area contributed by atoms with Gasteiger partial charge in [-0.1, -0.05) is 61.8 Å². The highest BCUT2D eigenvalue weighted by molar-refractivity contribution is 5.98. The van der Waals surface area contributed by atoms with E-state index < -0.39 is 0 Å². The van der Waals surface area contributed by atoms with Crippen LogP contribution in [0.3, 0.4) is 0 Å². The second-order valence-electron chi connectivity index (χ2n) is 10.4. The van der Waals surface area contributed by atoms with Crippen molar-refractivity contribution in [3.8, 4) is 36.1 Å². The van der Waals surface area contributed by atoms with E-state index in [0.29, 0.717) is 30.1 Å². The number of halogens is 1. The minimum atomic E-state index is -0.234. The van der Waals surface area contributed by atoms with Crippen molar-refractivity contribution in [1.82, 2.24) is 10.3 Å². The van der Waals surface area contributed by atoms with Crippen LogP contribution in [0.2, 0.25) is 0 Å². The number of amides is 1. The largest absolute Gasteiger partial charge is 0.398 e. The molecule has 0 aliphatic heterocycles. The molecule has 0 aliphatic rings. The van der Waals surface area contributed by atoms with Gasteiger partial charge in [-0.2, -0.15) is 0 Å². The SMILES string of the molecule is C#CC.C#CN.CC.CC.CCCN=Cc1cc(C(=O)NCCc2cc(C(C)CC)c(C)c(-c3ccc(F)cc3CC)n2)cc(C)c1N. The summed E-state index contributed by atoms with van der Waals surface area (Å²) in [6.07, 6.45) is 14.0. The number of anilines is 1. The lowest BCUT2D eigenvalue weighted by molar-refractivity contribution is 0.0954. The van der Waals surface area contributed by atoms with Crippen molar-refractivity contribution in [1.29, 1.82) is 0 Å². The van der Waals surface area contributed by atoms with Crippen molar-refractivity contribution in [3.05, 3.63) is 81.3 Å². The molecule has 2 aromatic carbocycles. The Labute approximate surface area is 291 Å². The zero-order valence-electron chi connectivity index (χ0n) is 31.4. The number of nitrogen functional groups attached to an aromatic ring is 1. The molecule has 0 spiro atoms. The molecule has 0 radical (unpaired) electrons. The molecule has 1 heterocycles. The molecule has 1 unspecified atom stereocenters. The molecule has 3 aromatic rings. The summed E-state index contributed by atoms with van der Waals surface area (Å²) in [5.74, 6) is 2.22. The van der Waals surface area contributed by atoms with Crippen LogP contribution in [0, 0.1) is 44.5 Å². The number of nitrogens with zero attached hydrogens (tertiary/aromatic N) is 2. The van der Waals surface area contributed by atoms with Crippen molar-refractivity contribution in [2.75, 3.05) is 18.8 Å². The highest BCUT2D eigenvalue weighted by atomic mass is 19.1. The van der Waals surface area contributed by atoms with Crippen LogP contribution in [0.5, 0.6) is 0 Å². The Morgan fingerprint density at radius 2 is 1.69 bits per heavy atom. The number of nitrogens with one attached hydrogen (secondary N) is 1. The van der Waals surface area contributed by atoms with Gasteiger partial charge in [0.15, 0.2) is 0 Å². The van der Waals surface area contributed by atoms with Gasteiger partial charge in [-0.25, -0.2) is 4.39 Å². The van der Waals surface area contributed by atoms with Crippen LogP contribution in [0.15, 0.2) is 41.4 Å². The van der Waals surface area contributed by atoms with Gasteiger partial charge in [-0.05, 0) is 111 Å². The van der Waals surface area contributed by atoms with E-state index in [-0.39, 0.29) is 11.7 Å². The first-order valence-corrected chi connectivity index (χ1v) is 17.0. The van der Waals surface area contributed by atoms with Gasteiger partial charge in [-0.3, -0.25) is 14.8 Å². The summed E-state index contributed by atoms with van der Waals surface area (Å²) in [5.41, 5.74) is 19.5. The van der Waals surface area contributed by atoms with Crippen molar-refractivity contribution in [2.24, 2.45) is 10.7 Å². The van der Waals surface area contributed by atoms with E-state index in [9.17, 15) is 9.18 Å². The predicted molar refractivity (Wildman–Crippen MR) is 207 cm³/mol.